The molecular weight excluding hydrogens is 272 g/mol. The van der Waals surface area contributed by atoms with E-state index in [2.05, 4.69) is 10.6 Å². The highest BCUT2D eigenvalue weighted by atomic mass is 32.2. The molecule has 0 spiro atoms. The molecule has 8 heteroatoms. The van der Waals surface area contributed by atoms with Gasteiger partial charge in [-0.05, 0) is 19.3 Å². The molecule has 7 nitrogen and oxygen atoms in total. The fourth-order valence-electron chi connectivity index (χ4n) is 2.07. The molecule has 1 fully saturated rings. The summed E-state index contributed by atoms with van der Waals surface area (Å²) in [7, 11) is -3.09. The molecule has 0 aromatic carbocycles. The van der Waals surface area contributed by atoms with Gasteiger partial charge in [-0.2, -0.15) is 0 Å². The van der Waals surface area contributed by atoms with Crippen molar-refractivity contribution in [2.75, 3.05) is 11.5 Å². The predicted octanol–water partition coefficient (Wildman–Crippen LogP) is 0.116. The lowest BCUT2D eigenvalue weighted by atomic mass is 10.1. The minimum absolute atomic E-state index is 0.0774. The Kier molecular flexibility index (Phi) is 5.59. The van der Waals surface area contributed by atoms with E-state index < -0.39 is 33.9 Å². The number of hydrogen-bond donors (Lipinski definition) is 3. The van der Waals surface area contributed by atoms with E-state index in [1.54, 1.807) is 0 Å². The lowest BCUT2D eigenvalue weighted by Gasteiger charge is -2.24. The largest absolute Gasteiger partial charge is 0.480 e. The van der Waals surface area contributed by atoms with E-state index in [1.165, 1.54) is 0 Å². The molecule has 2 atom stereocenters. The Labute approximate surface area is 112 Å². The minimum atomic E-state index is -3.09. The summed E-state index contributed by atoms with van der Waals surface area (Å²) in [6.45, 7) is 1.82. The zero-order valence-corrected chi connectivity index (χ0v) is 11.7. The van der Waals surface area contributed by atoms with Crippen LogP contribution in [0.4, 0.5) is 4.79 Å². The normalized spacial score (nSPS) is 23.3. The topological polar surface area (TPSA) is 113 Å². The van der Waals surface area contributed by atoms with Gasteiger partial charge in [0.2, 0.25) is 0 Å². The van der Waals surface area contributed by atoms with Gasteiger partial charge in [0.15, 0.2) is 9.84 Å². The van der Waals surface area contributed by atoms with Crippen molar-refractivity contribution in [3.05, 3.63) is 0 Å². The highest BCUT2D eigenvalue weighted by Crippen LogP contribution is 2.11. The number of carboxylic acid groups (broad SMARTS) is 1. The number of hydrogen-bond acceptors (Lipinski definition) is 4. The van der Waals surface area contributed by atoms with Crippen LogP contribution in [0.5, 0.6) is 0 Å². The first-order chi connectivity index (χ1) is 8.84. The Morgan fingerprint density at radius 1 is 1.42 bits per heavy atom. The average Bonchev–Trinajstić information content (AvgIpc) is 2.26. The van der Waals surface area contributed by atoms with E-state index in [-0.39, 0.29) is 11.5 Å². The van der Waals surface area contributed by atoms with Crippen LogP contribution < -0.4 is 10.6 Å². The van der Waals surface area contributed by atoms with Gasteiger partial charge in [0, 0.05) is 6.04 Å². The summed E-state index contributed by atoms with van der Waals surface area (Å²) < 4.78 is 22.8. The summed E-state index contributed by atoms with van der Waals surface area (Å²) in [4.78, 5) is 22.5. The predicted molar refractivity (Wildman–Crippen MR) is 69.7 cm³/mol. The van der Waals surface area contributed by atoms with Crippen LogP contribution in [0.25, 0.3) is 0 Å². The van der Waals surface area contributed by atoms with Gasteiger partial charge >= 0.3 is 12.0 Å². The van der Waals surface area contributed by atoms with E-state index in [0.717, 1.165) is 0 Å². The lowest BCUT2D eigenvalue weighted by Crippen LogP contribution is -2.51. The number of aliphatic carboxylic acids is 1. The highest BCUT2D eigenvalue weighted by Gasteiger charge is 2.27. The van der Waals surface area contributed by atoms with Crippen molar-refractivity contribution >= 4 is 21.8 Å². The van der Waals surface area contributed by atoms with Crippen LogP contribution in [0.3, 0.4) is 0 Å². The fraction of sp³-hybridized carbons (Fsp3) is 0.818. The molecule has 0 aromatic heterocycles. The number of carbonyl (C=O) groups excluding carboxylic acids is 1. The van der Waals surface area contributed by atoms with Gasteiger partial charge < -0.3 is 15.7 Å². The molecular formula is C11H20N2O5S. The molecule has 0 aromatic rings. The van der Waals surface area contributed by atoms with Gasteiger partial charge in [-0.25, -0.2) is 18.0 Å². The average molecular weight is 292 g/mol. The first kappa shape index (κ1) is 15.7. The Hall–Kier alpha value is -1.31. The quantitative estimate of drug-likeness (QED) is 0.666. The zero-order chi connectivity index (χ0) is 14.5. The maximum absolute atomic E-state index is 11.6. The molecule has 0 bridgehead atoms. The van der Waals surface area contributed by atoms with E-state index in [4.69, 9.17) is 5.11 Å². The third-order valence-corrected chi connectivity index (χ3v) is 4.80. The number of sulfone groups is 1. The van der Waals surface area contributed by atoms with E-state index >= 15 is 0 Å². The molecule has 1 heterocycles. The van der Waals surface area contributed by atoms with Crippen molar-refractivity contribution in [3.63, 3.8) is 0 Å². The van der Waals surface area contributed by atoms with Crippen molar-refractivity contribution in [1.29, 1.82) is 0 Å². The summed E-state index contributed by atoms with van der Waals surface area (Å²) in [5, 5.41) is 13.8. The number of urea groups is 1. The Morgan fingerprint density at radius 3 is 2.63 bits per heavy atom. The zero-order valence-electron chi connectivity index (χ0n) is 10.9. The monoisotopic (exact) mass is 292 g/mol. The maximum atomic E-state index is 11.6. The van der Waals surface area contributed by atoms with Crippen molar-refractivity contribution in [1.82, 2.24) is 10.6 Å². The smallest absolute Gasteiger partial charge is 0.326 e. The lowest BCUT2D eigenvalue weighted by molar-refractivity contribution is -0.139. The van der Waals surface area contributed by atoms with Gasteiger partial charge in [-0.15, -0.1) is 0 Å². The number of carboxylic acids is 1. The molecule has 1 unspecified atom stereocenters. The summed E-state index contributed by atoms with van der Waals surface area (Å²) in [5.41, 5.74) is 0. The molecule has 1 rings (SSSR count). The Bertz CT molecular complexity index is 434. The van der Waals surface area contributed by atoms with Crippen molar-refractivity contribution < 1.29 is 23.1 Å². The van der Waals surface area contributed by atoms with Crippen LogP contribution in [-0.2, 0) is 14.6 Å². The highest BCUT2D eigenvalue weighted by molar-refractivity contribution is 7.91. The molecule has 1 saturated heterocycles. The van der Waals surface area contributed by atoms with Crippen molar-refractivity contribution in [3.8, 4) is 0 Å². The molecule has 2 amide bonds. The van der Waals surface area contributed by atoms with E-state index in [1.807, 2.05) is 6.92 Å². The van der Waals surface area contributed by atoms with Crippen LogP contribution in [0.15, 0.2) is 0 Å². The van der Waals surface area contributed by atoms with Gasteiger partial charge in [-0.3, -0.25) is 0 Å². The SMILES string of the molecule is CCC[C@H](NC(=O)NC1CCCS(=O)(=O)C1)C(=O)O. The van der Waals surface area contributed by atoms with Crippen LogP contribution >= 0.6 is 0 Å². The Morgan fingerprint density at radius 2 is 2.11 bits per heavy atom. The fourth-order valence-corrected chi connectivity index (χ4v) is 3.70. The number of carbonyl (C=O) groups is 2. The first-order valence-corrected chi connectivity index (χ1v) is 8.16. The third-order valence-electron chi connectivity index (χ3n) is 2.98. The second-order valence-corrected chi connectivity index (χ2v) is 6.98. The van der Waals surface area contributed by atoms with E-state index in [0.29, 0.717) is 25.7 Å². The van der Waals surface area contributed by atoms with Gasteiger partial charge in [-0.1, -0.05) is 13.3 Å². The second kappa shape index (κ2) is 6.74. The van der Waals surface area contributed by atoms with Crippen LogP contribution in [0, 0.1) is 0 Å². The minimum Gasteiger partial charge on any atom is -0.480 e. The molecule has 0 saturated carbocycles. The molecule has 0 aliphatic carbocycles. The molecule has 1 aliphatic heterocycles. The number of nitrogens with one attached hydrogen (secondary N) is 2. The Balaban J connectivity index is 2.48. The van der Waals surface area contributed by atoms with Crippen LogP contribution in [0.1, 0.15) is 32.6 Å². The van der Waals surface area contributed by atoms with Gasteiger partial charge in [0.25, 0.3) is 0 Å². The molecule has 1 aliphatic rings. The second-order valence-electron chi connectivity index (χ2n) is 4.75. The first-order valence-electron chi connectivity index (χ1n) is 6.34. The maximum Gasteiger partial charge on any atom is 0.326 e. The summed E-state index contributed by atoms with van der Waals surface area (Å²) in [6.07, 6.45) is 2.09. The molecule has 19 heavy (non-hydrogen) atoms. The molecule has 110 valence electrons. The van der Waals surface area contributed by atoms with Gasteiger partial charge in [0.1, 0.15) is 6.04 Å². The molecule has 3 N–H and O–H groups in total. The van der Waals surface area contributed by atoms with E-state index in [9.17, 15) is 18.0 Å². The summed E-state index contributed by atoms with van der Waals surface area (Å²) >= 11 is 0. The number of rotatable bonds is 5. The summed E-state index contributed by atoms with van der Waals surface area (Å²) in [6, 6.07) is -2.00. The third kappa shape index (κ3) is 5.46. The number of amides is 2. The molecule has 0 radical (unpaired) electrons. The van der Waals surface area contributed by atoms with Crippen molar-refractivity contribution in [2.24, 2.45) is 0 Å². The van der Waals surface area contributed by atoms with Crippen molar-refractivity contribution in [2.45, 2.75) is 44.7 Å². The van der Waals surface area contributed by atoms with Crippen LogP contribution in [0.2, 0.25) is 0 Å². The summed E-state index contributed by atoms with van der Waals surface area (Å²) in [5.74, 6) is -1.01. The standard InChI is InChI=1S/C11H20N2O5S/c1-2-4-9(10(14)15)13-11(16)12-8-5-3-6-19(17,18)7-8/h8-9H,2-7H2,1H3,(H,14,15)(H2,12,13,16)/t8?,9-/m0/s1. The van der Waals surface area contributed by atoms with Gasteiger partial charge in [0.05, 0.1) is 11.5 Å². The van der Waals surface area contributed by atoms with Crippen LogP contribution in [-0.4, -0.2) is 49.1 Å².